The molecular weight excluding hydrogens is 478 g/mol. The van der Waals surface area contributed by atoms with Crippen LogP contribution in [-0.4, -0.2) is 59.8 Å². The van der Waals surface area contributed by atoms with Gasteiger partial charge in [0, 0.05) is 42.6 Å². The Hall–Kier alpha value is -3.40. The number of amides is 1. The standard InChI is InChI=1S/C24H28FN3O.C2HF3O2/c1-18-4-3-14-28(18)23-13-15-27(17-23)22-10-8-21(9-11-22)26-24(29)12-7-19-5-2-6-20(25)16-19;3-2(4,5)1(6)7/h2,5-12,16,18,23H,3-4,13-15,17H2,1H3,(H,26,29);(H,6,7)/b12-7+;. The lowest BCUT2D eigenvalue weighted by Gasteiger charge is -2.28. The minimum atomic E-state index is -5.08. The van der Waals surface area contributed by atoms with Crippen molar-refractivity contribution < 1.29 is 32.3 Å². The molecule has 1 amide bonds. The molecule has 0 aliphatic carbocycles. The number of carbonyl (C=O) groups excluding carboxylic acids is 1. The minimum Gasteiger partial charge on any atom is -0.475 e. The summed E-state index contributed by atoms with van der Waals surface area (Å²) in [7, 11) is 0. The summed E-state index contributed by atoms with van der Waals surface area (Å²) < 4.78 is 44.9. The molecule has 0 aromatic heterocycles. The van der Waals surface area contributed by atoms with E-state index in [4.69, 9.17) is 9.90 Å². The van der Waals surface area contributed by atoms with Crippen LogP contribution in [0.4, 0.5) is 28.9 Å². The number of anilines is 2. The van der Waals surface area contributed by atoms with Crippen LogP contribution >= 0.6 is 0 Å². The molecule has 194 valence electrons. The zero-order valence-electron chi connectivity index (χ0n) is 19.8. The molecule has 4 rings (SSSR count). The molecule has 0 saturated carbocycles. The first-order chi connectivity index (χ1) is 17.0. The van der Waals surface area contributed by atoms with Gasteiger partial charge in [-0.15, -0.1) is 0 Å². The minimum absolute atomic E-state index is 0.230. The van der Waals surface area contributed by atoms with Crippen molar-refractivity contribution >= 4 is 29.3 Å². The Balaban J connectivity index is 0.000000454. The van der Waals surface area contributed by atoms with E-state index >= 15 is 0 Å². The van der Waals surface area contributed by atoms with Crippen LogP contribution in [0.3, 0.4) is 0 Å². The Kier molecular flexibility index (Phi) is 9.08. The van der Waals surface area contributed by atoms with Gasteiger partial charge in [-0.2, -0.15) is 13.2 Å². The number of alkyl halides is 3. The van der Waals surface area contributed by atoms with Gasteiger partial charge in [-0.3, -0.25) is 9.69 Å². The molecular formula is C26H29F4N3O3. The molecule has 2 fully saturated rings. The molecule has 6 nitrogen and oxygen atoms in total. The van der Waals surface area contributed by atoms with E-state index in [0.29, 0.717) is 17.6 Å². The number of nitrogens with zero attached hydrogens (tertiary/aromatic N) is 2. The number of hydrogen-bond donors (Lipinski definition) is 2. The second kappa shape index (κ2) is 12.0. The van der Waals surface area contributed by atoms with Gasteiger partial charge in [0.25, 0.3) is 0 Å². The van der Waals surface area contributed by atoms with Crippen molar-refractivity contribution in [2.24, 2.45) is 0 Å². The number of hydrogen-bond acceptors (Lipinski definition) is 4. The molecule has 2 aromatic rings. The average molecular weight is 508 g/mol. The van der Waals surface area contributed by atoms with Gasteiger partial charge >= 0.3 is 12.1 Å². The van der Waals surface area contributed by atoms with E-state index in [2.05, 4.69) is 34.2 Å². The number of carboxylic acid groups (broad SMARTS) is 1. The van der Waals surface area contributed by atoms with Crippen molar-refractivity contribution in [3.05, 3.63) is 66.0 Å². The van der Waals surface area contributed by atoms with Crippen LogP contribution in [0.2, 0.25) is 0 Å². The van der Waals surface area contributed by atoms with Crippen molar-refractivity contribution in [1.82, 2.24) is 4.90 Å². The maximum Gasteiger partial charge on any atom is 0.490 e. The topological polar surface area (TPSA) is 72.9 Å². The lowest BCUT2D eigenvalue weighted by atomic mass is 10.2. The predicted octanol–water partition coefficient (Wildman–Crippen LogP) is 5.17. The summed E-state index contributed by atoms with van der Waals surface area (Å²) in [6.07, 6.45) is 1.80. The molecule has 2 heterocycles. The summed E-state index contributed by atoms with van der Waals surface area (Å²) >= 11 is 0. The fraction of sp³-hybridized carbons (Fsp3) is 0.385. The molecule has 2 N–H and O–H groups in total. The van der Waals surface area contributed by atoms with Gasteiger partial charge < -0.3 is 15.3 Å². The summed E-state index contributed by atoms with van der Waals surface area (Å²) in [6.45, 7) is 5.73. The Morgan fingerprint density at radius 3 is 2.36 bits per heavy atom. The summed E-state index contributed by atoms with van der Waals surface area (Å²) in [4.78, 5) is 26.1. The molecule has 2 aromatic carbocycles. The SMILES string of the molecule is CC1CCCN1C1CCN(c2ccc(NC(=O)/C=C/c3cccc(F)c3)cc2)C1.O=C(O)C(F)(F)F. The Morgan fingerprint density at radius 2 is 1.78 bits per heavy atom. The number of nitrogens with one attached hydrogen (secondary N) is 1. The molecule has 0 spiro atoms. The van der Waals surface area contributed by atoms with E-state index in [1.165, 1.54) is 49.7 Å². The van der Waals surface area contributed by atoms with Crippen molar-refractivity contribution in [2.75, 3.05) is 29.9 Å². The Morgan fingerprint density at radius 1 is 1.08 bits per heavy atom. The monoisotopic (exact) mass is 507 g/mol. The highest BCUT2D eigenvalue weighted by Gasteiger charge is 2.38. The quantitative estimate of drug-likeness (QED) is 0.431. The maximum absolute atomic E-state index is 13.2. The van der Waals surface area contributed by atoms with Crippen LogP contribution in [0, 0.1) is 5.82 Å². The number of carboxylic acids is 1. The number of aliphatic carboxylic acids is 1. The van der Waals surface area contributed by atoms with Crippen LogP contribution < -0.4 is 10.2 Å². The van der Waals surface area contributed by atoms with Gasteiger partial charge in [0.05, 0.1) is 0 Å². The number of halogens is 4. The van der Waals surface area contributed by atoms with E-state index in [0.717, 1.165) is 18.8 Å². The summed E-state index contributed by atoms with van der Waals surface area (Å²) in [6, 6.07) is 15.5. The highest BCUT2D eigenvalue weighted by molar-refractivity contribution is 6.02. The maximum atomic E-state index is 13.2. The molecule has 2 unspecified atom stereocenters. The fourth-order valence-electron chi connectivity index (χ4n) is 4.47. The van der Waals surface area contributed by atoms with Gasteiger partial charge in [0.1, 0.15) is 5.82 Å². The van der Waals surface area contributed by atoms with Crippen molar-refractivity contribution in [3.8, 4) is 0 Å². The number of benzene rings is 2. The average Bonchev–Trinajstić information content (AvgIpc) is 3.47. The van der Waals surface area contributed by atoms with Crippen molar-refractivity contribution in [3.63, 3.8) is 0 Å². The van der Waals surface area contributed by atoms with E-state index in [9.17, 15) is 22.4 Å². The Labute approximate surface area is 207 Å². The Bertz CT molecular complexity index is 1070. The van der Waals surface area contributed by atoms with Crippen LogP contribution in [0.15, 0.2) is 54.6 Å². The largest absolute Gasteiger partial charge is 0.490 e. The van der Waals surface area contributed by atoms with Gasteiger partial charge in [-0.05, 0) is 80.8 Å². The van der Waals surface area contributed by atoms with Crippen molar-refractivity contribution in [2.45, 2.75) is 44.4 Å². The van der Waals surface area contributed by atoms with Crippen LogP contribution in [-0.2, 0) is 9.59 Å². The van der Waals surface area contributed by atoms with Crippen LogP contribution in [0.5, 0.6) is 0 Å². The van der Waals surface area contributed by atoms with E-state index in [-0.39, 0.29) is 11.7 Å². The second-order valence-electron chi connectivity index (χ2n) is 8.84. The lowest BCUT2D eigenvalue weighted by molar-refractivity contribution is -0.192. The first-order valence-electron chi connectivity index (χ1n) is 11.7. The molecule has 0 bridgehead atoms. The smallest absolute Gasteiger partial charge is 0.475 e. The van der Waals surface area contributed by atoms with Crippen LogP contribution in [0.25, 0.3) is 6.08 Å². The number of carbonyl (C=O) groups is 2. The molecule has 0 radical (unpaired) electrons. The van der Waals surface area contributed by atoms with Gasteiger partial charge in [-0.25, -0.2) is 9.18 Å². The van der Waals surface area contributed by atoms with E-state index in [1.54, 1.807) is 18.2 Å². The zero-order chi connectivity index (χ0) is 26.3. The first-order valence-corrected chi connectivity index (χ1v) is 11.7. The van der Waals surface area contributed by atoms with E-state index < -0.39 is 12.1 Å². The third kappa shape index (κ3) is 7.81. The first kappa shape index (κ1) is 27.2. The zero-order valence-corrected chi connectivity index (χ0v) is 19.8. The van der Waals surface area contributed by atoms with E-state index in [1.807, 2.05) is 12.1 Å². The summed E-state index contributed by atoms with van der Waals surface area (Å²) in [5.41, 5.74) is 2.62. The highest BCUT2D eigenvalue weighted by atomic mass is 19.4. The normalized spacial score (nSPS) is 20.3. The van der Waals surface area contributed by atoms with Crippen LogP contribution in [0.1, 0.15) is 31.7 Å². The molecule has 2 atom stereocenters. The third-order valence-electron chi connectivity index (χ3n) is 6.26. The molecule has 2 saturated heterocycles. The van der Waals surface area contributed by atoms with Gasteiger partial charge in [-0.1, -0.05) is 12.1 Å². The molecule has 2 aliphatic heterocycles. The van der Waals surface area contributed by atoms with Gasteiger partial charge in [0.15, 0.2) is 0 Å². The fourth-order valence-corrected chi connectivity index (χ4v) is 4.47. The van der Waals surface area contributed by atoms with Crippen molar-refractivity contribution in [1.29, 1.82) is 0 Å². The number of rotatable bonds is 5. The third-order valence-corrected chi connectivity index (χ3v) is 6.26. The summed E-state index contributed by atoms with van der Waals surface area (Å²) in [5, 5.41) is 9.98. The highest BCUT2D eigenvalue weighted by Crippen LogP contribution is 2.28. The molecule has 36 heavy (non-hydrogen) atoms. The predicted molar refractivity (Wildman–Crippen MR) is 130 cm³/mol. The number of likely N-dealkylation sites (tertiary alicyclic amines) is 1. The summed E-state index contributed by atoms with van der Waals surface area (Å²) in [5.74, 6) is -3.30. The molecule has 10 heteroatoms. The lowest BCUT2D eigenvalue weighted by Crippen LogP contribution is -2.39. The molecule has 2 aliphatic rings. The second-order valence-corrected chi connectivity index (χ2v) is 8.84. The van der Waals surface area contributed by atoms with Gasteiger partial charge in [0.2, 0.25) is 5.91 Å².